The smallest absolute Gasteiger partial charge is 0.243 e. The minimum Gasteiger partial charge on any atom is -0.496 e. The lowest BCUT2D eigenvalue weighted by Crippen LogP contribution is -2.39. The Kier molecular flexibility index (Phi) is 6.28. The average molecular weight is 391 g/mol. The zero-order valence-corrected chi connectivity index (χ0v) is 17.4. The molecule has 0 aromatic heterocycles. The van der Waals surface area contributed by atoms with Gasteiger partial charge in [0.2, 0.25) is 15.9 Å². The molecule has 2 aromatic carbocycles. The number of hydrogen-bond acceptors (Lipinski definition) is 4. The van der Waals surface area contributed by atoms with E-state index >= 15 is 0 Å². The maximum absolute atomic E-state index is 12.8. The van der Waals surface area contributed by atoms with Gasteiger partial charge in [-0.1, -0.05) is 6.07 Å². The number of benzene rings is 2. The van der Waals surface area contributed by atoms with Gasteiger partial charge < -0.3 is 9.64 Å². The second kappa shape index (κ2) is 8.10. The van der Waals surface area contributed by atoms with Crippen LogP contribution in [0.4, 0.5) is 5.69 Å². The first-order valence-corrected chi connectivity index (χ1v) is 9.96. The third-order valence-electron chi connectivity index (χ3n) is 4.68. The molecule has 0 heterocycles. The molecule has 0 radical (unpaired) electrons. The van der Waals surface area contributed by atoms with Gasteiger partial charge in [-0.25, -0.2) is 8.42 Å². The molecule has 0 aliphatic heterocycles. The van der Waals surface area contributed by atoms with Gasteiger partial charge in [-0.15, -0.1) is 0 Å². The zero-order chi connectivity index (χ0) is 20.4. The number of ether oxygens (including phenoxy) is 1. The van der Waals surface area contributed by atoms with Crippen molar-refractivity contribution in [2.45, 2.75) is 25.7 Å². The quantitative estimate of drug-likeness (QED) is 0.761. The summed E-state index contributed by atoms with van der Waals surface area (Å²) in [6, 6.07) is 10.3. The topological polar surface area (TPSA) is 66.9 Å². The van der Waals surface area contributed by atoms with Crippen molar-refractivity contribution in [1.82, 2.24) is 4.31 Å². The fraction of sp³-hybridized carbons (Fsp3) is 0.350. The van der Waals surface area contributed by atoms with Crippen LogP contribution in [-0.4, -0.2) is 46.4 Å². The normalized spacial score (nSPS) is 11.5. The number of likely N-dealkylation sites (N-methyl/N-ethyl adjacent to an activating group) is 2. The summed E-state index contributed by atoms with van der Waals surface area (Å²) in [4.78, 5) is 14.2. The van der Waals surface area contributed by atoms with Gasteiger partial charge in [0.1, 0.15) is 5.75 Å². The molecule has 0 unspecified atom stereocenters. The molecule has 0 aliphatic carbocycles. The highest BCUT2D eigenvalue weighted by Crippen LogP contribution is 2.23. The molecule has 6 nitrogen and oxygen atoms in total. The lowest BCUT2D eigenvalue weighted by atomic mass is 10.1. The molecule has 1 amide bonds. The van der Waals surface area contributed by atoms with Gasteiger partial charge in [-0.3, -0.25) is 4.79 Å². The van der Waals surface area contributed by atoms with Gasteiger partial charge in [0.05, 0.1) is 18.6 Å². The molecule has 0 saturated carbocycles. The second-order valence-electron chi connectivity index (χ2n) is 6.61. The van der Waals surface area contributed by atoms with E-state index in [0.717, 1.165) is 21.1 Å². The van der Waals surface area contributed by atoms with Crippen LogP contribution in [0.2, 0.25) is 0 Å². The van der Waals surface area contributed by atoms with Gasteiger partial charge in [-0.05, 0) is 67.8 Å². The number of amides is 1. The first-order chi connectivity index (χ1) is 12.6. The lowest BCUT2D eigenvalue weighted by molar-refractivity contribution is -0.118. The standard InChI is InChI=1S/C20H26N2O4S/c1-14-7-8-17(11-15(14)2)22(5)20(23)13-21(4)27(24,25)18-9-10-19(26-6)16(3)12-18/h7-12H,13H2,1-6H3. The summed E-state index contributed by atoms with van der Waals surface area (Å²) in [5.74, 6) is 0.303. The maximum atomic E-state index is 12.8. The molecule has 7 heteroatoms. The zero-order valence-electron chi connectivity index (χ0n) is 16.6. The number of rotatable bonds is 6. The monoisotopic (exact) mass is 390 g/mol. The molecular weight excluding hydrogens is 364 g/mol. The number of sulfonamides is 1. The third-order valence-corrected chi connectivity index (χ3v) is 6.48. The summed E-state index contributed by atoms with van der Waals surface area (Å²) >= 11 is 0. The average Bonchev–Trinajstić information content (AvgIpc) is 2.63. The fourth-order valence-electron chi connectivity index (χ4n) is 2.65. The van der Waals surface area contributed by atoms with Crippen LogP contribution in [0.5, 0.6) is 5.75 Å². The summed E-state index contributed by atoms with van der Waals surface area (Å²) in [7, 11) is 0.797. The van der Waals surface area contributed by atoms with E-state index in [4.69, 9.17) is 4.74 Å². The van der Waals surface area contributed by atoms with Crippen LogP contribution in [0.25, 0.3) is 0 Å². The Morgan fingerprint density at radius 2 is 1.63 bits per heavy atom. The predicted octanol–water partition coefficient (Wildman–Crippen LogP) is 2.90. The molecule has 0 N–H and O–H groups in total. The largest absolute Gasteiger partial charge is 0.496 e. The number of anilines is 1. The Bertz CT molecular complexity index is 954. The predicted molar refractivity (Wildman–Crippen MR) is 107 cm³/mol. The van der Waals surface area contributed by atoms with Crippen molar-refractivity contribution >= 4 is 21.6 Å². The van der Waals surface area contributed by atoms with E-state index in [2.05, 4.69) is 0 Å². The Labute approximate surface area is 161 Å². The van der Waals surface area contributed by atoms with Crippen molar-refractivity contribution < 1.29 is 17.9 Å². The third kappa shape index (κ3) is 4.48. The van der Waals surface area contributed by atoms with Crippen LogP contribution in [0.1, 0.15) is 16.7 Å². The molecular formula is C20H26N2O4S. The van der Waals surface area contributed by atoms with Gasteiger partial charge in [0.15, 0.2) is 0 Å². The molecule has 146 valence electrons. The highest BCUT2D eigenvalue weighted by molar-refractivity contribution is 7.89. The van der Waals surface area contributed by atoms with Crippen LogP contribution >= 0.6 is 0 Å². The van der Waals surface area contributed by atoms with Crippen LogP contribution in [-0.2, 0) is 14.8 Å². The van der Waals surface area contributed by atoms with E-state index in [0.29, 0.717) is 11.3 Å². The van der Waals surface area contributed by atoms with Crippen molar-refractivity contribution in [2.24, 2.45) is 0 Å². The molecule has 0 fully saturated rings. The summed E-state index contributed by atoms with van der Waals surface area (Å²) in [6.07, 6.45) is 0. The summed E-state index contributed by atoms with van der Waals surface area (Å²) in [5, 5.41) is 0. The van der Waals surface area contributed by atoms with Crippen molar-refractivity contribution in [1.29, 1.82) is 0 Å². The Hall–Kier alpha value is -2.38. The Balaban J connectivity index is 2.19. The number of nitrogens with zero attached hydrogens (tertiary/aromatic N) is 2. The van der Waals surface area contributed by atoms with Crippen molar-refractivity contribution in [3.8, 4) is 5.75 Å². The number of methoxy groups -OCH3 is 1. The van der Waals surface area contributed by atoms with Gasteiger partial charge in [0, 0.05) is 19.8 Å². The van der Waals surface area contributed by atoms with Crippen molar-refractivity contribution in [3.05, 3.63) is 53.1 Å². The molecule has 0 saturated heterocycles. The Morgan fingerprint density at radius 1 is 0.963 bits per heavy atom. The van der Waals surface area contributed by atoms with E-state index in [-0.39, 0.29) is 17.3 Å². The molecule has 0 spiro atoms. The van der Waals surface area contributed by atoms with Crippen molar-refractivity contribution in [3.63, 3.8) is 0 Å². The first-order valence-electron chi connectivity index (χ1n) is 8.52. The molecule has 27 heavy (non-hydrogen) atoms. The van der Waals surface area contributed by atoms with Crippen molar-refractivity contribution in [2.75, 3.05) is 32.6 Å². The molecule has 0 aliphatic rings. The number of carbonyl (C=O) groups excluding carboxylic acids is 1. The van der Waals surface area contributed by atoms with Gasteiger partial charge in [-0.2, -0.15) is 4.31 Å². The van der Waals surface area contributed by atoms with E-state index < -0.39 is 10.0 Å². The Morgan fingerprint density at radius 3 is 2.19 bits per heavy atom. The van der Waals surface area contributed by atoms with E-state index in [1.807, 2.05) is 32.0 Å². The maximum Gasteiger partial charge on any atom is 0.243 e. The first kappa shape index (κ1) is 20.9. The minimum absolute atomic E-state index is 0.130. The van der Waals surface area contributed by atoms with E-state index in [9.17, 15) is 13.2 Å². The van der Waals surface area contributed by atoms with Crippen LogP contribution in [0, 0.1) is 20.8 Å². The van der Waals surface area contributed by atoms with Gasteiger partial charge in [0.25, 0.3) is 0 Å². The summed E-state index contributed by atoms with van der Waals surface area (Å²) in [5.41, 5.74) is 3.65. The number of aryl methyl sites for hydroxylation is 3. The summed E-state index contributed by atoms with van der Waals surface area (Å²) in [6.45, 7) is 5.49. The van der Waals surface area contributed by atoms with Crippen LogP contribution in [0.15, 0.2) is 41.3 Å². The summed E-state index contributed by atoms with van der Waals surface area (Å²) < 4.78 is 31.8. The van der Waals surface area contributed by atoms with E-state index in [1.165, 1.54) is 25.1 Å². The van der Waals surface area contributed by atoms with Crippen LogP contribution in [0.3, 0.4) is 0 Å². The molecule has 2 aromatic rings. The molecule has 0 bridgehead atoms. The number of hydrogen-bond donors (Lipinski definition) is 0. The molecule has 2 rings (SSSR count). The number of carbonyl (C=O) groups is 1. The highest BCUT2D eigenvalue weighted by Gasteiger charge is 2.25. The minimum atomic E-state index is -3.78. The lowest BCUT2D eigenvalue weighted by Gasteiger charge is -2.23. The SMILES string of the molecule is COc1ccc(S(=O)(=O)N(C)CC(=O)N(C)c2ccc(C)c(C)c2)cc1C. The second-order valence-corrected chi connectivity index (χ2v) is 8.66. The van der Waals surface area contributed by atoms with E-state index in [1.54, 1.807) is 26.1 Å². The van der Waals surface area contributed by atoms with Gasteiger partial charge >= 0.3 is 0 Å². The van der Waals surface area contributed by atoms with Crippen LogP contribution < -0.4 is 9.64 Å². The highest BCUT2D eigenvalue weighted by atomic mass is 32.2. The fourth-order valence-corrected chi connectivity index (χ4v) is 3.86. The molecule has 0 atom stereocenters.